The lowest BCUT2D eigenvalue weighted by Gasteiger charge is -2.07. The molecule has 1 aromatic rings. The standard InChI is InChI=1S/C9H12O4S/c1-7-8(5-6-10)3-2-4-9(7)14(11,12)13/h2-4,10H,5-6H2,1H3,(H,11,12,13). The summed E-state index contributed by atoms with van der Waals surface area (Å²) in [7, 11) is -4.16. The first-order valence-electron chi connectivity index (χ1n) is 4.13. The van der Waals surface area contributed by atoms with Crippen molar-refractivity contribution in [3.8, 4) is 0 Å². The molecule has 0 radical (unpaired) electrons. The molecule has 4 nitrogen and oxygen atoms in total. The molecule has 0 bridgehead atoms. The van der Waals surface area contributed by atoms with Crippen molar-refractivity contribution in [2.45, 2.75) is 18.2 Å². The Hall–Kier alpha value is -0.910. The van der Waals surface area contributed by atoms with E-state index < -0.39 is 10.1 Å². The van der Waals surface area contributed by atoms with Gasteiger partial charge in [-0.15, -0.1) is 0 Å². The molecule has 0 aliphatic carbocycles. The van der Waals surface area contributed by atoms with Gasteiger partial charge >= 0.3 is 0 Å². The van der Waals surface area contributed by atoms with E-state index in [9.17, 15) is 8.42 Å². The van der Waals surface area contributed by atoms with Gasteiger partial charge in [0, 0.05) is 6.61 Å². The number of hydrogen-bond donors (Lipinski definition) is 2. The van der Waals surface area contributed by atoms with Gasteiger partial charge in [0.2, 0.25) is 0 Å². The summed E-state index contributed by atoms with van der Waals surface area (Å²) in [6.07, 6.45) is 0.384. The Balaban J connectivity index is 3.28. The molecule has 0 fully saturated rings. The summed E-state index contributed by atoms with van der Waals surface area (Å²) >= 11 is 0. The molecular weight excluding hydrogens is 204 g/mol. The molecular formula is C9H12O4S. The van der Waals surface area contributed by atoms with E-state index in [4.69, 9.17) is 9.66 Å². The molecule has 78 valence electrons. The van der Waals surface area contributed by atoms with Gasteiger partial charge < -0.3 is 5.11 Å². The molecule has 0 saturated heterocycles. The van der Waals surface area contributed by atoms with Gasteiger partial charge in [-0.2, -0.15) is 8.42 Å². The molecule has 0 heterocycles. The Morgan fingerprint density at radius 2 is 2.00 bits per heavy atom. The summed E-state index contributed by atoms with van der Waals surface area (Å²) in [6, 6.07) is 4.60. The van der Waals surface area contributed by atoms with Crippen LogP contribution in [0.25, 0.3) is 0 Å². The van der Waals surface area contributed by atoms with E-state index in [0.29, 0.717) is 12.0 Å². The SMILES string of the molecule is Cc1c(CCO)cccc1S(=O)(=O)O. The van der Waals surface area contributed by atoms with E-state index in [1.807, 2.05) is 0 Å². The Morgan fingerprint density at radius 3 is 2.50 bits per heavy atom. The number of rotatable bonds is 3. The summed E-state index contributed by atoms with van der Waals surface area (Å²) < 4.78 is 30.7. The van der Waals surface area contributed by atoms with Crippen molar-refractivity contribution >= 4 is 10.1 Å². The van der Waals surface area contributed by atoms with Crippen LogP contribution in [0.5, 0.6) is 0 Å². The summed E-state index contributed by atoms with van der Waals surface area (Å²) in [5.41, 5.74) is 1.21. The van der Waals surface area contributed by atoms with Crippen LogP contribution in [-0.4, -0.2) is 24.7 Å². The number of benzene rings is 1. The van der Waals surface area contributed by atoms with Gasteiger partial charge in [-0.1, -0.05) is 12.1 Å². The summed E-state index contributed by atoms with van der Waals surface area (Å²) in [6.45, 7) is 1.56. The molecule has 0 amide bonds. The Labute approximate surface area is 82.9 Å². The van der Waals surface area contributed by atoms with Gasteiger partial charge in [0.05, 0.1) is 4.90 Å². The normalized spacial score (nSPS) is 11.6. The van der Waals surface area contributed by atoms with E-state index in [0.717, 1.165) is 5.56 Å². The Morgan fingerprint density at radius 1 is 1.36 bits per heavy atom. The maximum atomic E-state index is 10.9. The third-order valence-electron chi connectivity index (χ3n) is 2.06. The van der Waals surface area contributed by atoms with Gasteiger partial charge in [0.15, 0.2) is 0 Å². The molecule has 0 aromatic heterocycles. The van der Waals surface area contributed by atoms with Gasteiger partial charge in [-0.05, 0) is 30.5 Å². The molecule has 2 N–H and O–H groups in total. The molecule has 1 rings (SSSR count). The highest BCUT2D eigenvalue weighted by Crippen LogP contribution is 2.18. The fourth-order valence-corrected chi connectivity index (χ4v) is 2.10. The maximum Gasteiger partial charge on any atom is 0.294 e. The second kappa shape index (κ2) is 4.08. The molecule has 0 aliphatic rings. The quantitative estimate of drug-likeness (QED) is 0.732. The second-order valence-electron chi connectivity index (χ2n) is 2.99. The zero-order valence-corrected chi connectivity index (χ0v) is 8.58. The van der Waals surface area contributed by atoms with Crippen LogP contribution in [0.1, 0.15) is 11.1 Å². The van der Waals surface area contributed by atoms with E-state index in [-0.39, 0.29) is 11.5 Å². The molecule has 0 saturated carbocycles. The van der Waals surface area contributed by atoms with Gasteiger partial charge in [0.1, 0.15) is 0 Å². The van der Waals surface area contributed by atoms with Crippen molar-refractivity contribution in [3.63, 3.8) is 0 Å². The van der Waals surface area contributed by atoms with Crippen LogP contribution in [-0.2, 0) is 16.5 Å². The van der Waals surface area contributed by atoms with Crippen molar-refractivity contribution in [1.82, 2.24) is 0 Å². The lowest BCUT2D eigenvalue weighted by Crippen LogP contribution is -2.04. The highest BCUT2D eigenvalue weighted by molar-refractivity contribution is 7.85. The predicted molar refractivity (Wildman–Crippen MR) is 51.8 cm³/mol. The predicted octanol–water partition coefficient (Wildman–Crippen LogP) is 0.777. The van der Waals surface area contributed by atoms with Gasteiger partial charge in [0.25, 0.3) is 10.1 Å². The smallest absolute Gasteiger partial charge is 0.294 e. The minimum Gasteiger partial charge on any atom is -0.396 e. The van der Waals surface area contributed by atoms with Crippen LogP contribution in [0.15, 0.2) is 23.1 Å². The molecule has 5 heteroatoms. The van der Waals surface area contributed by atoms with Crippen LogP contribution < -0.4 is 0 Å². The van der Waals surface area contributed by atoms with Crippen molar-refractivity contribution in [1.29, 1.82) is 0 Å². The van der Waals surface area contributed by atoms with Crippen molar-refractivity contribution in [2.75, 3.05) is 6.61 Å². The number of hydrogen-bond acceptors (Lipinski definition) is 3. The van der Waals surface area contributed by atoms with Crippen LogP contribution in [0.4, 0.5) is 0 Å². The van der Waals surface area contributed by atoms with Gasteiger partial charge in [-0.25, -0.2) is 0 Å². The zero-order chi connectivity index (χ0) is 10.8. The fourth-order valence-electron chi connectivity index (χ4n) is 1.33. The first-order chi connectivity index (χ1) is 6.46. The first-order valence-corrected chi connectivity index (χ1v) is 5.57. The summed E-state index contributed by atoms with van der Waals surface area (Å²) in [5, 5.41) is 8.73. The largest absolute Gasteiger partial charge is 0.396 e. The topological polar surface area (TPSA) is 74.6 Å². The van der Waals surface area contributed by atoms with E-state index >= 15 is 0 Å². The lowest BCUT2D eigenvalue weighted by atomic mass is 10.1. The number of aliphatic hydroxyl groups is 1. The maximum absolute atomic E-state index is 10.9. The molecule has 14 heavy (non-hydrogen) atoms. The van der Waals surface area contributed by atoms with Crippen LogP contribution in [0.2, 0.25) is 0 Å². The van der Waals surface area contributed by atoms with Crippen molar-refractivity contribution < 1.29 is 18.1 Å². The van der Waals surface area contributed by atoms with E-state index in [1.165, 1.54) is 6.07 Å². The van der Waals surface area contributed by atoms with Crippen LogP contribution in [0, 0.1) is 6.92 Å². The lowest BCUT2D eigenvalue weighted by molar-refractivity contribution is 0.299. The average Bonchev–Trinajstić information content (AvgIpc) is 2.07. The Bertz CT molecular complexity index is 422. The Kier molecular flexibility index (Phi) is 3.25. The summed E-state index contributed by atoms with van der Waals surface area (Å²) in [4.78, 5) is -0.0940. The van der Waals surface area contributed by atoms with Crippen LogP contribution >= 0.6 is 0 Å². The number of aliphatic hydroxyl groups excluding tert-OH is 1. The highest BCUT2D eigenvalue weighted by atomic mass is 32.2. The van der Waals surface area contributed by atoms with E-state index in [2.05, 4.69) is 0 Å². The first kappa shape index (κ1) is 11.2. The van der Waals surface area contributed by atoms with Crippen LogP contribution in [0.3, 0.4) is 0 Å². The minimum atomic E-state index is -4.16. The highest BCUT2D eigenvalue weighted by Gasteiger charge is 2.14. The molecule has 0 aliphatic heterocycles. The van der Waals surface area contributed by atoms with Crippen molar-refractivity contribution in [3.05, 3.63) is 29.3 Å². The molecule has 0 unspecified atom stereocenters. The average molecular weight is 216 g/mol. The molecule has 0 atom stereocenters. The third-order valence-corrected chi connectivity index (χ3v) is 3.05. The molecule has 0 spiro atoms. The molecule has 1 aromatic carbocycles. The zero-order valence-electron chi connectivity index (χ0n) is 7.77. The fraction of sp³-hybridized carbons (Fsp3) is 0.333. The van der Waals surface area contributed by atoms with E-state index in [1.54, 1.807) is 19.1 Å². The van der Waals surface area contributed by atoms with Gasteiger partial charge in [-0.3, -0.25) is 4.55 Å². The monoisotopic (exact) mass is 216 g/mol. The van der Waals surface area contributed by atoms with Crippen molar-refractivity contribution in [2.24, 2.45) is 0 Å². The third kappa shape index (κ3) is 2.31. The summed E-state index contributed by atoms with van der Waals surface area (Å²) in [5.74, 6) is 0. The second-order valence-corrected chi connectivity index (χ2v) is 4.38. The minimum absolute atomic E-state index is 0.0459.